The summed E-state index contributed by atoms with van der Waals surface area (Å²) in [6.07, 6.45) is -3.10. The number of aliphatic carboxylic acids is 1. The molecule has 0 aromatic heterocycles. The minimum atomic E-state index is -2.17. The molecule has 0 aliphatic carbocycles. The Labute approximate surface area is 432 Å². The maximum absolute atomic E-state index is 14.0. The molecule has 2 aliphatic heterocycles. The molecule has 0 aromatic carbocycles. The van der Waals surface area contributed by atoms with E-state index in [1.54, 1.807) is 0 Å². The van der Waals surface area contributed by atoms with Gasteiger partial charge in [0.05, 0.1) is 19.5 Å². The van der Waals surface area contributed by atoms with Crippen molar-refractivity contribution < 1.29 is 72.9 Å². The number of carbonyl (C=O) groups excluding carboxylic acids is 11. The first-order valence-corrected chi connectivity index (χ1v) is 26.0. The van der Waals surface area contributed by atoms with E-state index in [4.69, 9.17) is 22.9 Å². The van der Waals surface area contributed by atoms with E-state index in [2.05, 4.69) is 65.5 Å². The number of nitrogens with zero attached hydrogens (tertiary/aromatic N) is 2. The van der Waals surface area contributed by atoms with Gasteiger partial charge in [0.15, 0.2) is 12.2 Å². The predicted octanol–water partition coefficient (Wildman–Crippen LogP) is -8.21. The van der Waals surface area contributed by atoms with Crippen molar-refractivity contribution in [3.05, 3.63) is 0 Å². The lowest BCUT2D eigenvalue weighted by Gasteiger charge is -2.27. The molecule has 0 spiro atoms. The Balaban J connectivity index is 2.63. The molecular formula is C40H67N15O15S3. The van der Waals surface area contributed by atoms with Gasteiger partial charge in [-0.3, -0.25) is 62.5 Å². The summed E-state index contributed by atoms with van der Waals surface area (Å²) >= 11 is 4.10. The topological polar surface area (TPSA) is 493 Å². The van der Waals surface area contributed by atoms with Crippen LogP contribution in [0.4, 0.5) is 0 Å². The van der Waals surface area contributed by atoms with Crippen LogP contribution in [0.5, 0.6) is 0 Å². The minimum Gasteiger partial charge on any atom is -0.481 e. The van der Waals surface area contributed by atoms with E-state index in [0.717, 1.165) is 33.4 Å². The van der Waals surface area contributed by atoms with Gasteiger partial charge in [-0.1, -0.05) is 21.6 Å². The fourth-order valence-electron chi connectivity index (χ4n) is 7.03. The standard InChI is InChI=1S/C40H67N15O15S3/c1-19(56)48-24(16-71)37(68)54-26-18-73-72-17-25(32(42)63)53-36(67)23(13-31(61)62)52-39(70)27-8-5-11-55(27)29(58)15-47-34(65)20(6-2-3-9-41)50-35(66)22(12-30(59)60)49-28(57)14-46-33(64)21(51-38(26)69)7-4-10-45-40(43)44/h20-27,30,59-60,71H,2-18,41H2,1H3,(H2,42,63)(H,46,64)(H,47,65)(H,48,56)(H,49,57)(H,50,66)(H,51,69)(H,52,70)(H,53,67)(H,54,68)(H,61,62)(H4,43,44,45). The van der Waals surface area contributed by atoms with Crippen LogP contribution in [0.1, 0.15) is 64.7 Å². The van der Waals surface area contributed by atoms with Gasteiger partial charge in [0.2, 0.25) is 65.0 Å². The molecule has 410 valence electrons. The number of nitrogens with one attached hydrogen (secondary N) is 9. The van der Waals surface area contributed by atoms with E-state index in [1.807, 2.05) is 0 Å². The SMILES string of the molecule is CC(=O)NC(CS)C(=O)NC1CSSCC(C(N)=O)NC(=O)C(CC(=O)O)NC(=O)C2CCCN2C(=O)CNC(=O)C(CCCCN)NC(=O)C(CC(O)O)NC(=O)CNC(=O)C(CCCN=C(N)N)NC1=O. The van der Waals surface area contributed by atoms with Gasteiger partial charge >= 0.3 is 5.97 Å². The van der Waals surface area contributed by atoms with Crippen molar-refractivity contribution in [2.24, 2.45) is 27.9 Å². The lowest BCUT2D eigenvalue weighted by atomic mass is 10.1. The summed E-state index contributed by atoms with van der Waals surface area (Å²) in [6.45, 7) is -0.238. The summed E-state index contributed by atoms with van der Waals surface area (Å²) in [6, 6.07) is -11.9. The molecular weight excluding hydrogens is 1030 g/mol. The van der Waals surface area contributed by atoms with Crippen LogP contribution in [0.3, 0.4) is 0 Å². The van der Waals surface area contributed by atoms with E-state index < -0.39 is 152 Å². The fraction of sp³-hybridized carbons (Fsp3) is 0.675. The normalized spacial score (nSPS) is 24.2. The molecule has 2 rings (SSSR count). The highest BCUT2D eigenvalue weighted by molar-refractivity contribution is 8.76. The number of fused-ring (bicyclic) bond motifs is 1. The van der Waals surface area contributed by atoms with Crippen molar-refractivity contribution in [3.8, 4) is 0 Å². The molecule has 73 heavy (non-hydrogen) atoms. The van der Waals surface area contributed by atoms with Crippen LogP contribution in [0.25, 0.3) is 0 Å². The summed E-state index contributed by atoms with van der Waals surface area (Å²) in [4.78, 5) is 163. The first kappa shape index (κ1) is 63.0. The number of nitrogens with two attached hydrogens (primary N) is 4. The Morgan fingerprint density at radius 1 is 0.781 bits per heavy atom. The lowest BCUT2D eigenvalue weighted by Crippen LogP contribution is -2.58. The van der Waals surface area contributed by atoms with E-state index in [-0.39, 0.29) is 81.4 Å². The first-order chi connectivity index (χ1) is 34.5. The van der Waals surface area contributed by atoms with Gasteiger partial charge in [0.25, 0.3) is 0 Å². The number of carbonyl (C=O) groups is 12. The highest BCUT2D eigenvalue weighted by Gasteiger charge is 2.38. The second kappa shape index (κ2) is 32.8. The van der Waals surface area contributed by atoms with Crippen LogP contribution in [0.2, 0.25) is 0 Å². The Morgan fingerprint density at radius 2 is 1.38 bits per heavy atom. The molecule has 11 amide bonds. The van der Waals surface area contributed by atoms with Gasteiger partial charge in [0.1, 0.15) is 48.3 Å². The maximum Gasteiger partial charge on any atom is 0.305 e. The van der Waals surface area contributed by atoms with Gasteiger partial charge in [0, 0.05) is 43.7 Å². The number of carboxylic acids is 1. The van der Waals surface area contributed by atoms with Gasteiger partial charge < -0.3 is 91.0 Å². The van der Waals surface area contributed by atoms with Crippen molar-refractivity contribution in [2.75, 3.05) is 50.0 Å². The zero-order valence-corrected chi connectivity index (χ0v) is 42.5. The summed E-state index contributed by atoms with van der Waals surface area (Å²) < 4.78 is 0. The number of hydrogen-bond acceptors (Lipinski definition) is 19. The zero-order chi connectivity index (χ0) is 54.8. The van der Waals surface area contributed by atoms with E-state index in [0.29, 0.717) is 6.42 Å². The van der Waals surface area contributed by atoms with Crippen LogP contribution < -0.4 is 70.8 Å². The van der Waals surface area contributed by atoms with Crippen LogP contribution in [0, 0.1) is 0 Å². The molecule has 8 atom stereocenters. The highest BCUT2D eigenvalue weighted by Crippen LogP contribution is 2.24. The molecule has 33 heteroatoms. The number of aliphatic hydroxyl groups is 2. The van der Waals surface area contributed by atoms with E-state index >= 15 is 0 Å². The number of rotatable bonds is 17. The van der Waals surface area contributed by atoms with Gasteiger partial charge in [-0.15, -0.1) is 0 Å². The summed E-state index contributed by atoms with van der Waals surface area (Å²) in [5.41, 5.74) is 22.1. The maximum atomic E-state index is 14.0. The number of carboxylic acid groups (broad SMARTS) is 1. The van der Waals surface area contributed by atoms with E-state index in [1.165, 1.54) is 0 Å². The Morgan fingerprint density at radius 3 is 1.97 bits per heavy atom. The monoisotopic (exact) mass is 1090 g/mol. The fourth-order valence-corrected chi connectivity index (χ4v) is 9.63. The van der Waals surface area contributed by atoms with Gasteiger partial charge in [-0.05, 0) is 51.5 Å². The number of aliphatic imine (C=N–C) groups is 1. The van der Waals surface area contributed by atoms with Gasteiger partial charge in [-0.2, -0.15) is 12.6 Å². The van der Waals surface area contributed by atoms with Crippen molar-refractivity contribution in [3.63, 3.8) is 0 Å². The molecule has 2 fully saturated rings. The number of unbranched alkanes of at least 4 members (excludes halogenated alkanes) is 1. The highest BCUT2D eigenvalue weighted by atomic mass is 33.1. The molecule has 0 bridgehead atoms. The molecule has 2 aliphatic rings. The number of aliphatic hydroxyl groups excluding tert-OH is 1. The summed E-state index contributed by atoms with van der Waals surface area (Å²) in [5, 5.41) is 50.7. The quantitative estimate of drug-likeness (QED) is 0.0161. The third kappa shape index (κ3) is 23.5. The van der Waals surface area contributed by atoms with Crippen molar-refractivity contribution in [1.29, 1.82) is 0 Å². The summed E-state index contributed by atoms with van der Waals surface area (Å²) in [7, 11) is 1.72. The Bertz CT molecular complexity index is 2020. The van der Waals surface area contributed by atoms with Gasteiger partial charge in [-0.25, -0.2) is 0 Å². The summed E-state index contributed by atoms with van der Waals surface area (Å²) in [5.74, 6) is -13.1. The van der Waals surface area contributed by atoms with Crippen LogP contribution in [0.15, 0.2) is 4.99 Å². The minimum absolute atomic E-state index is 0.0144. The van der Waals surface area contributed by atoms with Crippen molar-refractivity contribution >= 4 is 111 Å². The second-order valence-electron chi connectivity index (χ2n) is 16.6. The average Bonchev–Trinajstić information content (AvgIpc) is 3.82. The molecule has 0 saturated carbocycles. The van der Waals surface area contributed by atoms with Crippen molar-refractivity contribution in [2.45, 2.75) is 119 Å². The number of primary amides is 1. The van der Waals surface area contributed by atoms with E-state index in [9.17, 15) is 72.9 Å². The number of hydrogen-bond donors (Lipinski definition) is 17. The zero-order valence-electron chi connectivity index (χ0n) is 39.9. The molecule has 30 nitrogen and oxygen atoms in total. The lowest BCUT2D eigenvalue weighted by molar-refractivity contribution is -0.143. The van der Waals surface area contributed by atoms with Crippen molar-refractivity contribution in [1.82, 2.24) is 52.8 Å². The largest absolute Gasteiger partial charge is 0.481 e. The number of guanidine groups is 1. The molecule has 0 aromatic rings. The first-order valence-electron chi connectivity index (χ1n) is 22.9. The molecule has 8 unspecified atom stereocenters. The Hall–Kier alpha value is -6.16. The molecule has 20 N–H and O–H groups in total. The third-order valence-corrected chi connectivity index (χ3v) is 13.5. The molecule has 2 heterocycles. The van der Waals surface area contributed by atoms with Crippen LogP contribution in [-0.2, 0) is 57.5 Å². The number of amides is 11. The smallest absolute Gasteiger partial charge is 0.305 e. The molecule has 2 saturated heterocycles. The Kier molecular flexibility index (Phi) is 28.3. The number of thiol groups is 1. The average molecular weight is 1090 g/mol. The van der Waals surface area contributed by atoms with Crippen LogP contribution >= 0.6 is 34.2 Å². The third-order valence-electron chi connectivity index (χ3n) is 10.7. The van der Waals surface area contributed by atoms with Crippen LogP contribution in [-0.4, -0.2) is 202 Å². The molecule has 0 radical (unpaired) electrons. The predicted molar refractivity (Wildman–Crippen MR) is 266 cm³/mol. The second-order valence-corrected chi connectivity index (χ2v) is 19.5.